The third-order valence-electron chi connectivity index (χ3n) is 28.9. The van der Waals surface area contributed by atoms with Gasteiger partial charge in [-0.05, 0) is 258 Å². The number of fused-ring (bicyclic) bond motifs is 5. The minimum Gasteiger partial charge on any atom is -0.462 e. The molecular formula is C101H179N19O18. The van der Waals surface area contributed by atoms with Gasteiger partial charge in [0.05, 0.1) is 12.8 Å². The summed E-state index contributed by atoms with van der Waals surface area (Å²) in [6.07, 6.45) is 17.0. The molecule has 37 heteroatoms. The molecule has 0 aromatic carbocycles. The van der Waals surface area contributed by atoms with Gasteiger partial charge in [0.25, 0.3) is 0 Å². The van der Waals surface area contributed by atoms with Crippen molar-refractivity contribution in [3.63, 3.8) is 0 Å². The Bertz CT molecular complexity index is 4050. The predicted molar refractivity (Wildman–Crippen MR) is 530 cm³/mol. The van der Waals surface area contributed by atoms with Gasteiger partial charge in [-0.2, -0.15) is 0 Å². The normalized spacial score (nSPS) is 22.1. The number of ether oxygens (including phenoxy) is 1. The lowest BCUT2D eigenvalue weighted by Crippen LogP contribution is -2.60. The van der Waals surface area contributed by atoms with E-state index in [1.54, 1.807) is 62.3 Å². The van der Waals surface area contributed by atoms with E-state index in [4.69, 9.17) is 33.4 Å². The first-order valence-electron chi connectivity index (χ1n) is 51.6. The van der Waals surface area contributed by atoms with E-state index in [1.165, 1.54) is 78.2 Å². The van der Waals surface area contributed by atoms with Crippen LogP contribution in [0.25, 0.3) is 0 Å². The number of amides is 16. The van der Waals surface area contributed by atoms with Crippen LogP contribution in [0.3, 0.4) is 0 Å². The number of allylic oxidation sites excluding steroid dienone is 1. The number of primary amides is 2. The van der Waals surface area contributed by atoms with Crippen molar-refractivity contribution in [1.82, 2.24) is 74.4 Å². The molecule has 786 valence electrons. The standard InChI is InChI=1S/C101H179N19O18/c1-22-60(13)84(119-82(122)40-41-83(123)138-68-42-44-100(20)67(53-68)36-37-69-71-39-38-70(62(15)32-30-31-55(3)4)101(71,21)45-43-72(69)100)98(136)118-80(54-81(105)121)97(135)117-79(52-59(11)12)96(134)113-73(33-24-27-46-102)91(129)108-66(19)90(128)116-77(50-57(7)8)94(132)109-63(16)87(125)107-64(17)89(127)115-78(51-58(9)10)95(133)110-65(18)88(126)111-74(34-25-28-47-103)92(130)112-75(35-26-29-48-104)93(131)120-85(61(14)23-2)99(137)114-76(86(106)124)49-56(5)6/h36,55-66,68-80,84-85H,22-35,37-54,102-104H2,1-21H3,(H2,105,121)(H2,106,124)(H,107,125)(H,108,129)(H,109,132)(H,110,133)(H,111,126)(H,112,130)(H,113,134)(H,114,137)(H,115,127)(H,116,128)(H,117,135)(H,118,136)(H,119,122)(H,120,131)/t60-,61-,62+,63-,64-,65-,66-,68-,69-,70+,71-,72-,73-,74-,75-,76-,77-,78-,79-,80-,84-,85-,100-,101+/m0/s1. The number of hydrogen-bond acceptors (Lipinski definition) is 21. The van der Waals surface area contributed by atoms with Crippen LogP contribution in [0, 0.1) is 81.8 Å². The molecule has 138 heavy (non-hydrogen) atoms. The van der Waals surface area contributed by atoms with Crippen molar-refractivity contribution in [3.8, 4) is 0 Å². The van der Waals surface area contributed by atoms with Crippen molar-refractivity contribution in [2.45, 2.75) is 422 Å². The van der Waals surface area contributed by atoms with Crippen LogP contribution in [0.2, 0.25) is 0 Å². The molecule has 0 aromatic heterocycles. The summed E-state index contributed by atoms with van der Waals surface area (Å²) in [5.74, 6) is -10.8. The van der Waals surface area contributed by atoms with Crippen LogP contribution in [-0.4, -0.2) is 211 Å². The molecule has 24 N–H and O–H groups in total. The van der Waals surface area contributed by atoms with E-state index in [2.05, 4.69) is 115 Å². The average molecular weight is 1950 g/mol. The maximum atomic E-state index is 14.5. The topological polar surface area (TPSA) is 598 Å². The number of hydrogen-bond donors (Lipinski definition) is 19. The molecule has 0 aromatic rings. The van der Waals surface area contributed by atoms with Crippen LogP contribution in [0.15, 0.2) is 11.6 Å². The summed E-state index contributed by atoms with van der Waals surface area (Å²) in [5.41, 5.74) is 30.6. The van der Waals surface area contributed by atoms with Crippen molar-refractivity contribution in [2.24, 2.45) is 111 Å². The van der Waals surface area contributed by atoms with Gasteiger partial charge in [-0.3, -0.25) is 81.5 Å². The molecule has 0 radical (unpaired) electrons. The molecule has 0 bridgehead atoms. The molecule has 4 aliphatic carbocycles. The van der Waals surface area contributed by atoms with Crippen LogP contribution >= 0.6 is 0 Å². The lowest BCUT2D eigenvalue weighted by atomic mass is 9.47. The van der Waals surface area contributed by atoms with E-state index in [0.717, 1.165) is 37.0 Å². The van der Waals surface area contributed by atoms with Gasteiger partial charge in [-0.15, -0.1) is 0 Å². The Hall–Kier alpha value is -9.39. The quantitative estimate of drug-likeness (QED) is 0.0200. The first kappa shape index (κ1) is 121. The second-order valence-electron chi connectivity index (χ2n) is 42.8. The molecule has 0 saturated heterocycles. The van der Waals surface area contributed by atoms with Gasteiger partial charge in [0.2, 0.25) is 94.5 Å². The molecule has 0 aliphatic heterocycles. The smallest absolute Gasteiger partial charge is 0.306 e. The summed E-state index contributed by atoms with van der Waals surface area (Å²) in [6, 6.07) is -18.1. The van der Waals surface area contributed by atoms with Gasteiger partial charge >= 0.3 is 5.97 Å². The fourth-order valence-corrected chi connectivity index (χ4v) is 20.4. The zero-order valence-electron chi connectivity index (χ0n) is 87.0. The molecule has 4 rings (SSSR count). The van der Waals surface area contributed by atoms with Gasteiger partial charge in [-0.25, -0.2) is 0 Å². The predicted octanol–water partition coefficient (Wildman–Crippen LogP) is 5.61. The van der Waals surface area contributed by atoms with Crippen LogP contribution in [0.5, 0.6) is 0 Å². The fraction of sp³-hybridized carbons (Fsp3) is 0.812. The van der Waals surface area contributed by atoms with Gasteiger partial charge in [0, 0.05) is 12.8 Å². The highest BCUT2D eigenvalue weighted by molar-refractivity contribution is 6.01. The van der Waals surface area contributed by atoms with Crippen LogP contribution < -0.4 is 103 Å². The van der Waals surface area contributed by atoms with E-state index in [1.807, 2.05) is 20.8 Å². The number of carbonyl (C=O) groups is 17. The Morgan fingerprint density at radius 3 is 1.17 bits per heavy atom. The summed E-state index contributed by atoms with van der Waals surface area (Å²) in [7, 11) is 0. The van der Waals surface area contributed by atoms with Gasteiger partial charge in [-0.1, -0.05) is 161 Å². The zero-order valence-corrected chi connectivity index (χ0v) is 87.0. The molecule has 3 fully saturated rings. The van der Waals surface area contributed by atoms with E-state index in [-0.39, 0.29) is 113 Å². The minimum absolute atomic E-state index is 0.000479. The Morgan fingerprint density at radius 1 is 0.370 bits per heavy atom. The summed E-state index contributed by atoms with van der Waals surface area (Å²) in [5, 5.41) is 37.2. The molecule has 0 heterocycles. The summed E-state index contributed by atoms with van der Waals surface area (Å²) < 4.78 is 6.09. The van der Waals surface area contributed by atoms with E-state index >= 15 is 0 Å². The van der Waals surface area contributed by atoms with Crippen LogP contribution in [-0.2, 0) is 86.2 Å². The molecule has 3 saturated carbocycles. The van der Waals surface area contributed by atoms with Crippen molar-refractivity contribution in [1.29, 1.82) is 0 Å². The fourth-order valence-electron chi connectivity index (χ4n) is 20.4. The summed E-state index contributed by atoms with van der Waals surface area (Å²) >= 11 is 0. The number of esters is 1. The number of nitrogens with two attached hydrogens (primary N) is 5. The lowest BCUT2D eigenvalue weighted by molar-refractivity contribution is -0.152. The van der Waals surface area contributed by atoms with Crippen molar-refractivity contribution >= 4 is 100 Å². The molecule has 24 atom stereocenters. The Balaban J connectivity index is 1.37. The van der Waals surface area contributed by atoms with Crippen molar-refractivity contribution in [3.05, 3.63) is 11.6 Å². The highest BCUT2D eigenvalue weighted by atomic mass is 16.5. The molecule has 37 nitrogen and oxygen atoms in total. The van der Waals surface area contributed by atoms with Crippen molar-refractivity contribution in [2.75, 3.05) is 19.6 Å². The van der Waals surface area contributed by atoms with E-state index in [0.29, 0.717) is 81.0 Å². The number of nitrogens with one attached hydrogen (secondary N) is 14. The molecule has 16 amide bonds. The molecule has 0 unspecified atom stereocenters. The number of unbranched alkanes of at least 4 members (excludes halogenated alkanes) is 3. The minimum atomic E-state index is -1.66. The van der Waals surface area contributed by atoms with Gasteiger partial charge < -0.3 is 108 Å². The van der Waals surface area contributed by atoms with Gasteiger partial charge in [0.15, 0.2) is 0 Å². The molecule has 0 spiro atoms. The monoisotopic (exact) mass is 1950 g/mol. The number of carbonyl (C=O) groups excluding carboxylic acids is 17. The van der Waals surface area contributed by atoms with Gasteiger partial charge in [0.1, 0.15) is 90.7 Å². The highest BCUT2D eigenvalue weighted by Gasteiger charge is 2.60. The zero-order chi connectivity index (χ0) is 104. The second kappa shape index (κ2) is 59.4. The van der Waals surface area contributed by atoms with Crippen LogP contribution in [0.4, 0.5) is 0 Å². The van der Waals surface area contributed by atoms with E-state index < -0.39 is 203 Å². The molecule has 4 aliphatic rings. The largest absolute Gasteiger partial charge is 0.462 e. The summed E-state index contributed by atoms with van der Waals surface area (Å²) in [4.78, 5) is 236. The SMILES string of the molecule is CC[C@H](C)[C@H](NC(=O)CCC(=O)O[C@H]1CC[C@@]2(C)C(=CC[C@H]3[C@@H]4CC[C@H]([C@H](C)CCCC(C)C)[C@@]4(C)CC[C@@H]32)C1)C(=O)N[C@@H](CC(N)=O)C(=O)N[C@@H](CC(C)C)C(=O)N[C@@H](CCCCN)C(=O)N[C@@H](C)C(=O)N[C@@H](CC(C)C)C(=O)N[C@@H](C)C(=O)N[C@@H](C)C(=O)N[C@@H](CC(C)C)C(=O)N[C@@H](C)C(=O)N[C@@H](CCCCN)C(=O)N[C@@H](CCCCN)C(=O)N[C@H](C(=O)N[C@@H](CC(C)C)C(N)=O)[C@@H](C)CC. The Labute approximate surface area is 821 Å². The average Bonchev–Trinajstić information content (AvgIpc) is 1.46. The number of rotatable bonds is 63. The second-order valence-corrected chi connectivity index (χ2v) is 42.8. The van der Waals surface area contributed by atoms with E-state index in [9.17, 15) is 81.5 Å². The lowest BCUT2D eigenvalue weighted by Gasteiger charge is -2.58. The van der Waals surface area contributed by atoms with Crippen molar-refractivity contribution < 1.29 is 86.2 Å². The maximum Gasteiger partial charge on any atom is 0.306 e. The van der Waals surface area contributed by atoms with Crippen LogP contribution in [0.1, 0.15) is 332 Å². The highest BCUT2D eigenvalue weighted by Crippen LogP contribution is 2.67. The Kier molecular flexibility index (Phi) is 52.0. The third-order valence-corrected chi connectivity index (χ3v) is 28.9. The maximum absolute atomic E-state index is 14.5. The first-order chi connectivity index (χ1) is 64.8. The first-order valence-corrected chi connectivity index (χ1v) is 51.6. The summed E-state index contributed by atoms with van der Waals surface area (Å²) in [6.45, 7) is 39.8. The Morgan fingerprint density at radius 2 is 0.739 bits per heavy atom. The third kappa shape index (κ3) is 38.9. The molecular weight excluding hydrogens is 1770 g/mol.